The molecule has 0 unspecified atom stereocenters. The third-order valence-electron chi connectivity index (χ3n) is 1.84. The Bertz CT molecular complexity index is 112. The van der Waals surface area contributed by atoms with E-state index in [0.717, 1.165) is 6.61 Å². The van der Waals surface area contributed by atoms with Crippen LogP contribution in [-0.2, 0) is 4.74 Å². The molecule has 52 valence electrons. The second-order valence-corrected chi connectivity index (χ2v) is 2.80. The summed E-state index contributed by atoms with van der Waals surface area (Å²) in [5.41, 5.74) is 0.448. The van der Waals surface area contributed by atoms with Crippen molar-refractivity contribution in [2.24, 2.45) is 5.41 Å². The van der Waals surface area contributed by atoms with E-state index in [9.17, 15) is 0 Å². The maximum atomic E-state index is 5.07. The summed E-state index contributed by atoms with van der Waals surface area (Å²) >= 11 is 0. The molecule has 1 aliphatic rings. The number of hydrogen-bond donors (Lipinski definition) is 0. The van der Waals surface area contributed by atoms with Crippen LogP contribution in [0, 0.1) is 5.41 Å². The molecular formula is C8H14O. The highest BCUT2D eigenvalue weighted by Gasteiger charge is 2.39. The van der Waals surface area contributed by atoms with Crippen molar-refractivity contribution in [2.45, 2.75) is 19.8 Å². The van der Waals surface area contributed by atoms with Gasteiger partial charge in [0.25, 0.3) is 0 Å². The van der Waals surface area contributed by atoms with Gasteiger partial charge >= 0.3 is 0 Å². The third kappa shape index (κ3) is 1.55. The van der Waals surface area contributed by atoms with Gasteiger partial charge in [-0.15, -0.1) is 0 Å². The van der Waals surface area contributed by atoms with Crippen LogP contribution in [0.1, 0.15) is 19.8 Å². The van der Waals surface area contributed by atoms with Gasteiger partial charge in [0.1, 0.15) is 0 Å². The lowest BCUT2D eigenvalue weighted by Gasteiger charge is -2.05. The van der Waals surface area contributed by atoms with Crippen LogP contribution in [0.25, 0.3) is 0 Å². The van der Waals surface area contributed by atoms with Crippen LogP contribution >= 0.6 is 0 Å². The molecule has 0 amide bonds. The highest BCUT2D eigenvalue weighted by atomic mass is 16.5. The monoisotopic (exact) mass is 126 g/mol. The molecule has 1 saturated carbocycles. The van der Waals surface area contributed by atoms with Gasteiger partial charge in [0.05, 0.1) is 6.61 Å². The number of rotatable bonds is 3. The van der Waals surface area contributed by atoms with E-state index in [1.54, 1.807) is 7.11 Å². The Labute approximate surface area is 56.7 Å². The summed E-state index contributed by atoms with van der Waals surface area (Å²) in [6.07, 6.45) is 7.00. The van der Waals surface area contributed by atoms with Crippen molar-refractivity contribution >= 4 is 0 Å². The van der Waals surface area contributed by atoms with Crippen molar-refractivity contribution < 1.29 is 4.74 Å². The largest absolute Gasteiger partial charge is 0.384 e. The molecule has 0 heterocycles. The molecule has 0 aromatic rings. The van der Waals surface area contributed by atoms with E-state index in [0.29, 0.717) is 5.41 Å². The zero-order valence-corrected chi connectivity index (χ0v) is 6.18. The van der Waals surface area contributed by atoms with Gasteiger partial charge in [0.2, 0.25) is 0 Å². The van der Waals surface area contributed by atoms with Crippen LogP contribution in [-0.4, -0.2) is 13.7 Å². The summed E-state index contributed by atoms with van der Waals surface area (Å²) in [6, 6.07) is 0. The summed E-state index contributed by atoms with van der Waals surface area (Å²) in [5.74, 6) is 0. The molecule has 0 radical (unpaired) electrons. The predicted molar refractivity (Wildman–Crippen MR) is 38.4 cm³/mol. The van der Waals surface area contributed by atoms with E-state index in [4.69, 9.17) is 4.74 Å². The van der Waals surface area contributed by atoms with Crippen LogP contribution in [0.15, 0.2) is 12.2 Å². The average molecular weight is 126 g/mol. The Hall–Kier alpha value is -0.300. The number of ether oxygens (including phenoxy) is 1. The number of hydrogen-bond acceptors (Lipinski definition) is 1. The van der Waals surface area contributed by atoms with Gasteiger partial charge in [-0.3, -0.25) is 0 Å². The topological polar surface area (TPSA) is 9.23 Å². The first-order valence-electron chi connectivity index (χ1n) is 3.46. The summed E-state index contributed by atoms with van der Waals surface area (Å²) < 4.78 is 5.07. The van der Waals surface area contributed by atoms with Gasteiger partial charge in [-0.25, -0.2) is 0 Å². The van der Waals surface area contributed by atoms with Gasteiger partial charge in [0.15, 0.2) is 0 Å². The standard InChI is InChI=1S/C8H14O/c1-3-4-8(5-6-8)7-9-2/h3-4H,5-7H2,1-2H3/b4-3+. The van der Waals surface area contributed by atoms with E-state index in [2.05, 4.69) is 19.1 Å². The molecule has 0 spiro atoms. The van der Waals surface area contributed by atoms with Crippen molar-refractivity contribution in [3.8, 4) is 0 Å². The molecule has 0 saturated heterocycles. The zero-order chi connectivity index (χ0) is 6.74. The fourth-order valence-electron chi connectivity index (χ4n) is 1.16. The molecular weight excluding hydrogens is 112 g/mol. The molecule has 0 bridgehead atoms. The molecule has 0 aliphatic heterocycles. The highest BCUT2D eigenvalue weighted by molar-refractivity contribution is 5.08. The van der Waals surface area contributed by atoms with E-state index < -0.39 is 0 Å². The summed E-state index contributed by atoms with van der Waals surface area (Å²) in [5, 5.41) is 0. The number of allylic oxidation sites excluding steroid dienone is 1. The van der Waals surface area contributed by atoms with Gasteiger partial charge in [-0.2, -0.15) is 0 Å². The van der Waals surface area contributed by atoms with Crippen LogP contribution in [0.4, 0.5) is 0 Å². The Balaban J connectivity index is 2.33. The van der Waals surface area contributed by atoms with Gasteiger partial charge in [-0.05, 0) is 19.8 Å². The molecule has 0 N–H and O–H groups in total. The fourth-order valence-corrected chi connectivity index (χ4v) is 1.16. The van der Waals surface area contributed by atoms with Crippen molar-refractivity contribution in [1.29, 1.82) is 0 Å². The lowest BCUT2D eigenvalue weighted by Crippen LogP contribution is -2.04. The maximum Gasteiger partial charge on any atom is 0.0553 e. The van der Waals surface area contributed by atoms with Crippen LogP contribution < -0.4 is 0 Å². The molecule has 1 aliphatic carbocycles. The second-order valence-electron chi connectivity index (χ2n) is 2.80. The Morgan fingerprint density at radius 1 is 1.56 bits per heavy atom. The molecule has 0 aromatic carbocycles. The fraction of sp³-hybridized carbons (Fsp3) is 0.750. The smallest absolute Gasteiger partial charge is 0.0553 e. The van der Waals surface area contributed by atoms with Gasteiger partial charge in [-0.1, -0.05) is 12.2 Å². The lowest BCUT2D eigenvalue weighted by molar-refractivity contribution is 0.161. The molecule has 1 heteroatoms. The normalized spacial score (nSPS) is 22.9. The molecule has 9 heavy (non-hydrogen) atoms. The minimum atomic E-state index is 0.448. The molecule has 0 aromatic heterocycles. The van der Waals surface area contributed by atoms with Crippen LogP contribution in [0.3, 0.4) is 0 Å². The molecule has 1 nitrogen and oxygen atoms in total. The summed E-state index contributed by atoms with van der Waals surface area (Å²) in [7, 11) is 1.77. The maximum absolute atomic E-state index is 5.07. The van der Waals surface area contributed by atoms with E-state index in [1.807, 2.05) is 0 Å². The Morgan fingerprint density at radius 3 is 2.56 bits per heavy atom. The second kappa shape index (κ2) is 2.53. The summed E-state index contributed by atoms with van der Waals surface area (Å²) in [4.78, 5) is 0. The van der Waals surface area contributed by atoms with Gasteiger partial charge < -0.3 is 4.74 Å². The number of methoxy groups -OCH3 is 1. The lowest BCUT2D eigenvalue weighted by atomic mass is 10.1. The van der Waals surface area contributed by atoms with E-state index in [1.165, 1.54) is 12.8 Å². The molecule has 0 atom stereocenters. The average Bonchev–Trinajstić information content (AvgIpc) is 2.51. The third-order valence-corrected chi connectivity index (χ3v) is 1.84. The van der Waals surface area contributed by atoms with Crippen molar-refractivity contribution in [1.82, 2.24) is 0 Å². The van der Waals surface area contributed by atoms with Crippen LogP contribution in [0.2, 0.25) is 0 Å². The Morgan fingerprint density at radius 2 is 2.22 bits per heavy atom. The quantitative estimate of drug-likeness (QED) is 0.525. The first-order chi connectivity index (χ1) is 4.33. The van der Waals surface area contributed by atoms with Crippen LogP contribution in [0.5, 0.6) is 0 Å². The minimum Gasteiger partial charge on any atom is -0.384 e. The summed E-state index contributed by atoms with van der Waals surface area (Å²) in [6.45, 7) is 2.97. The van der Waals surface area contributed by atoms with Crippen molar-refractivity contribution in [3.63, 3.8) is 0 Å². The molecule has 1 rings (SSSR count). The SMILES string of the molecule is C/C=C/C1(COC)CC1. The predicted octanol–water partition coefficient (Wildman–Crippen LogP) is 1.99. The Kier molecular flexibility index (Phi) is 1.91. The van der Waals surface area contributed by atoms with E-state index >= 15 is 0 Å². The first kappa shape index (κ1) is 6.81. The van der Waals surface area contributed by atoms with E-state index in [-0.39, 0.29) is 0 Å². The highest BCUT2D eigenvalue weighted by Crippen LogP contribution is 2.46. The van der Waals surface area contributed by atoms with Gasteiger partial charge in [0, 0.05) is 12.5 Å². The molecule has 1 fully saturated rings. The first-order valence-corrected chi connectivity index (χ1v) is 3.46. The van der Waals surface area contributed by atoms with Crippen molar-refractivity contribution in [3.05, 3.63) is 12.2 Å². The minimum absolute atomic E-state index is 0.448. The van der Waals surface area contributed by atoms with Crippen molar-refractivity contribution in [2.75, 3.05) is 13.7 Å². The zero-order valence-electron chi connectivity index (χ0n) is 6.18.